The summed E-state index contributed by atoms with van der Waals surface area (Å²) in [7, 11) is 3.19. The summed E-state index contributed by atoms with van der Waals surface area (Å²) < 4.78 is 21.7. The maximum atomic E-state index is 5.50. The van der Waals surface area contributed by atoms with E-state index < -0.39 is 0 Å². The molecule has 0 amide bonds. The first-order chi connectivity index (χ1) is 8.11. The van der Waals surface area contributed by atoms with Crippen LogP contribution in [0.4, 0.5) is 0 Å². The minimum absolute atomic E-state index is 0.193. The summed E-state index contributed by atoms with van der Waals surface area (Å²) in [6.45, 7) is 8.03. The summed E-state index contributed by atoms with van der Waals surface area (Å²) in [4.78, 5) is 0. The molecule has 0 unspecified atom stereocenters. The zero-order valence-corrected chi connectivity index (χ0v) is 10.5. The average molecular weight is 236 g/mol. The van der Waals surface area contributed by atoms with Crippen molar-refractivity contribution in [2.24, 2.45) is 0 Å². The van der Waals surface area contributed by atoms with Crippen LogP contribution in [0.3, 0.4) is 0 Å². The summed E-state index contributed by atoms with van der Waals surface area (Å²) >= 11 is 0. The van der Waals surface area contributed by atoms with Crippen molar-refractivity contribution in [3.05, 3.63) is 17.7 Å². The van der Waals surface area contributed by atoms with Gasteiger partial charge in [0.05, 0.1) is 14.2 Å². The topological polar surface area (TPSA) is 36.9 Å². The van der Waals surface area contributed by atoms with Crippen LogP contribution in [0.25, 0.3) is 5.57 Å². The first-order valence-corrected chi connectivity index (χ1v) is 5.31. The monoisotopic (exact) mass is 236 g/mol. The van der Waals surface area contributed by atoms with Gasteiger partial charge in [0.2, 0.25) is 18.3 Å². The van der Waals surface area contributed by atoms with Gasteiger partial charge in [0, 0.05) is 11.1 Å². The molecule has 1 heterocycles. The van der Waals surface area contributed by atoms with E-state index in [1.807, 2.05) is 13.8 Å². The lowest BCUT2D eigenvalue weighted by atomic mass is 9.99. The van der Waals surface area contributed by atoms with Crippen LogP contribution in [0.15, 0.2) is 6.58 Å². The van der Waals surface area contributed by atoms with E-state index in [1.54, 1.807) is 14.2 Å². The smallest absolute Gasteiger partial charge is 0.231 e. The van der Waals surface area contributed by atoms with Gasteiger partial charge >= 0.3 is 0 Å². The van der Waals surface area contributed by atoms with Crippen molar-refractivity contribution in [3.8, 4) is 23.0 Å². The van der Waals surface area contributed by atoms with Crippen molar-refractivity contribution >= 4 is 5.57 Å². The molecule has 4 heteroatoms. The average Bonchev–Trinajstić information content (AvgIpc) is 2.74. The quantitative estimate of drug-likeness (QED) is 0.808. The fourth-order valence-electron chi connectivity index (χ4n) is 2.14. The molecule has 0 saturated carbocycles. The van der Waals surface area contributed by atoms with Crippen LogP contribution in [0.2, 0.25) is 0 Å². The highest BCUT2D eigenvalue weighted by Crippen LogP contribution is 2.53. The van der Waals surface area contributed by atoms with Crippen LogP contribution in [-0.4, -0.2) is 21.0 Å². The molecule has 4 nitrogen and oxygen atoms in total. The number of fused-ring (bicyclic) bond motifs is 1. The third-order valence-electron chi connectivity index (χ3n) is 2.80. The van der Waals surface area contributed by atoms with E-state index in [1.165, 1.54) is 0 Å². The Balaban J connectivity index is 2.79. The van der Waals surface area contributed by atoms with Crippen LogP contribution >= 0.6 is 0 Å². The van der Waals surface area contributed by atoms with Crippen LogP contribution in [0.1, 0.15) is 18.1 Å². The molecule has 17 heavy (non-hydrogen) atoms. The number of methoxy groups -OCH3 is 2. The second kappa shape index (κ2) is 4.20. The molecule has 0 spiro atoms. The standard InChI is InChI=1S/C13H16O4/c1-7(2)9-8(3)10(14-4)12(15-5)13-11(9)16-6-17-13/h1,6H2,2-5H3. The molecular weight excluding hydrogens is 220 g/mol. The van der Waals surface area contributed by atoms with Crippen molar-refractivity contribution < 1.29 is 18.9 Å². The molecule has 0 aromatic heterocycles. The second-order valence-corrected chi connectivity index (χ2v) is 3.91. The van der Waals surface area contributed by atoms with Gasteiger partial charge in [-0.25, -0.2) is 0 Å². The molecule has 0 aliphatic carbocycles. The maximum Gasteiger partial charge on any atom is 0.231 e. The van der Waals surface area contributed by atoms with Crippen molar-refractivity contribution in [1.82, 2.24) is 0 Å². The Labute approximate surface area is 101 Å². The Bertz CT molecular complexity index is 473. The summed E-state index contributed by atoms with van der Waals surface area (Å²) in [6, 6.07) is 0. The molecule has 0 saturated heterocycles. The Morgan fingerprint density at radius 2 is 1.71 bits per heavy atom. The van der Waals surface area contributed by atoms with Gasteiger partial charge in [-0.2, -0.15) is 0 Å². The van der Waals surface area contributed by atoms with Gasteiger partial charge < -0.3 is 18.9 Å². The van der Waals surface area contributed by atoms with Crippen molar-refractivity contribution in [1.29, 1.82) is 0 Å². The highest BCUT2D eigenvalue weighted by atomic mass is 16.7. The number of benzene rings is 1. The van der Waals surface area contributed by atoms with Gasteiger partial charge in [-0.1, -0.05) is 6.58 Å². The Morgan fingerprint density at radius 1 is 1.12 bits per heavy atom. The second-order valence-electron chi connectivity index (χ2n) is 3.91. The summed E-state index contributed by atoms with van der Waals surface area (Å²) in [5.41, 5.74) is 2.78. The molecule has 1 aromatic rings. The molecule has 0 fully saturated rings. The zero-order chi connectivity index (χ0) is 12.6. The summed E-state index contributed by atoms with van der Waals surface area (Å²) in [6.07, 6.45) is 0. The minimum Gasteiger partial charge on any atom is -0.492 e. The molecular formula is C13H16O4. The van der Waals surface area contributed by atoms with Gasteiger partial charge in [-0.05, 0) is 19.4 Å². The number of ether oxygens (including phenoxy) is 4. The number of rotatable bonds is 3. The Hall–Kier alpha value is -1.84. The highest BCUT2D eigenvalue weighted by molar-refractivity contribution is 5.80. The van der Waals surface area contributed by atoms with Crippen LogP contribution < -0.4 is 18.9 Å². The lowest BCUT2D eigenvalue weighted by Crippen LogP contribution is -1.98. The predicted octanol–water partition coefficient (Wildman–Crippen LogP) is 2.77. The number of hydrogen-bond acceptors (Lipinski definition) is 4. The molecule has 0 atom stereocenters. The molecule has 0 N–H and O–H groups in total. The third kappa shape index (κ3) is 1.60. The molecule has 92 valence electrons. The largest absolute Gasteiger partial charge is 0.492 e. The number of hydrogen-bond donors (Lipinski definition) is 0. The number of allylic oxidation sites excluding steroid dienone is 1. The first-order valence-electron chi connectivity index (χ1n) is 5.31. The van der Waals surface area contributed by atoms with E-state index in [0.717, 1.165) is 16.7 Å². The molecule has 0 radical (unpaired) electrons. The Kier molecular flexibility index (Phi) is 2.88. The lowest BCUT2D eigenvalue weighted by molar-refractivity contribution is 0.170. The molecule has 1 aliphatic rings. The summed E-state index contributed by atoms with van der Waals surface area (Å²) in [5, 5.41) is 0. The highest BCUT2D eigenvalue weighted by Gasteiger charge is 2.29. The van der Waals surface area contributed by atoms with E-state index in [2.05, 4.69) is 6.58 Å². The maximum absolute atomic E-state index is 5.50. The van der Waals surface area contributed by atoms with E-state index >= 15 is 0 Å². The Morgan fingerprint density at radius 3 is 2.24 bits per heavy atom. The molecule has 2 rings (SSSR count). The zero-order valence-electron chi connectivity index (χ0n) is 10.5. The predicted molar refractivity (Wildman–Crippen MR) is 65.1 cm³/mol. The first kappa shape index (κ1) is 11.6. The normalized spacial score (nSPS) is 12.5. The van der Waals surface area contributed by atoms with Gasteiger partial charge in [0.25, 0.3) is 0 Å². The summed E-state index contributed by atoms with van der Waals surface area (Å²) in [5.74, 6) is 2.51. The van der Waals surface area contributed by atoms with Crippen molar-refractivity contribution in [3.63, 3.8) is 0 Å². The van der Waals surface area contributed by atoms with Gasteiger partial charge in [0.15, 0.2) is 11.5 Å². The third-order valence-corrected chi connectivity index (χ3v) is 2.80. The van der Waals surface area contributed by atoms with E-state index in [-0.39, 0.29) is 6.79 Å². The van der Waals surface area contributed by atoms with Gasteiger partial charge in [0.1, 0.15) is 0 Å². The van der Waals surface area contributed by atoms with Gasteiger partial charge in [-0.15, -0.1) is 0 Å². The minimum atomic E-state index is 0.193. The van der Waals surface area contributed by atoms with Crippen LogP contribution in [0, 0.1) is 6.92 Å². The lowest BCUT2D eigenvalue weighted by Gasteiger charge is -2.17. The van der Waals surface area contributed by atoms with Crippen LogP contribution in [-0.2, 0) is 0 Å². The molecule has 1 aromatic carbocycles. The molecule has 0 bridgehead atoms. The van der Waals surface area contributed by atoms with Crippen molar-refractivity contribution in [2.75, 3.05) is 21.0 Å². The van der Waals surface area contributed by atoms with Crippen molar-refractivity contribution in [2.45, 2.75) is 13.8 Å². The fraction of sp³-hybridized carbons (Fsp3) is 0.385. The van der Waals surface area contributed by atoms with Crippen LogP contribution in [0.5, 0.6) is 23.0 Å². The van der Waals surface area contributed by atoms with E-state index in [9.17, 15) is 0 Å². The molecule has 1 aliphatic heterocycles. The van der Waals surface area contributed by atoms with E-state index in [0.29, 0.717) is 23.0 Å². The SMILES string of the molecule is C=C(C)c1c(C)c(OC)c(OC)c2c1OCO2. The van der Waals surface area contributed by atoms with E-state index in [4.69, 9.17) is 18.9 Å². The van der Waals surface area contributed by atoms with Gasteiger partial charge in [-0.3, -0.25) is 0 Å². The fourth-order valence-corrected chi connectivity index (χ4v) is 2.14.